The van der Waals surface area contributed by atoms with Crippen molar-refractivity contribution in [1.82, 2.24) is 19.8 Å². The van der Waals surface area contributed by atoms with Gasteiger partial charge in [0, 0.05) is 48.9 Å². The Balaban J connectivity index is 0.929. The summed E-state index contributed by atoms with van der Waals surface area (Å²) in [6.07, 6.45) is 5.39. The zero-order valence-electron chi connectivity index (χ0n) is 20.1. The fourth-order valence-electron chi connectivity index (χ4n) is 6.92. The summed E-state index contributed by atoms with van der Waals surface area (Å²) in [5, 5.41) is 0. The molecule has 5 nitrogen and oxygen atoms in total. The minimum Gasteiger partial charge on any atom is -0.323 e. The van der Waals surface area contributed by atoms with E-state index in [4.69, 9.17) is 0 Å². The number of rotatable bonds is 3. The molecule has 2 spiro atoms. The third kappa shape index (κ3) is 4.34. The molecule has 0 atom stereocenters. The van der Waals surface area contributed by atoms with Crippen molar-refractivity contribution in [3.05, 3.63) is 59.4 Å². The lowest BCUT2D eigenvalue weighted by Crippen LogP contribution is -2.69. The van der Waals surface area contributed by atoms with Gasteiger partial charge in [0.1, 0.15) is 11.5 Å². The Labute approximate surface area is 207 Å². The Bertz CT molecular complexity index is 1100. The molecule has 192 valence electrons. The number of carbonyl (C=O) groups is 1. The van der Waals surface area contributed by atoms with Crippen LogP contribution in [0.5, 0.6) is 0 Å². The third-order valence-corrected chi connectivity index (χ3v) is 9.01. The van der Waals surface area contributed by atoms with Gasteiger partial charge in [-0.25, -0.2) is 9.18 Å². The summed E-state index contributed by atoms with van der Waals surface area (Å²) in [5.41, 5.74) is 1.32. The number of pyridine rings is 2. The van der Waals surface area contributed by atoms with Crippen LogP contribution < -0.4 is 0 Å². The van der Waals surface area contributed by atoms with Gasteiger partial charge in [0.2, 0.25) is 0 Å². The molecule has 2 saturated heterocycles. The number of halogens is 4. The molecule has 36 heavy (non-hydrogen) atoms. The summed E-state index contributed by atoms with van der Waals surface area (Å²) >= 11 is 0. The van der Waals surface area contributed by atoms with E-state index in [-0.39, 0.29) is 28.6 Å². The van der Waals surface area contributed by atoms with Crippen LogP contribution in [0.4, 0.5) is 22.4 Å². The molecule has 0 radical (unpaired) electrons. The quantitative estimate of drug-likeness (QED) is 0.509. The van der Waals surface area contributed by atoms with E-state index in [2.05, 4.69) is 9.97 Å². The molecule has 2 aromatic heterocycles. The number of alkyl halides is 3. The Morgan fingerprint density at radius 1 is 0.917 bits per heavy atom. The second kappa shape index (κ2) is 8.42. The second-order valence-corrected chi connectivity index (χ2v) is 11.7. The summed E-state index contributed by atoms with van der Waals surface area (Å²) in [6.45, 7) is 3.15. The SMILES string of the molecule is O=C(N1CC2(CCC(Cc3ccc(F)cn3)CC2)C1)N1CC2(CC(c3ccc(C(F)(F)F)nc3)C2)C1. The maximum atomic E-state index is 13.1. The van der Waals surface area contributed by atoms with Gasteiger partial charge in [-0.05, 0) is 80.5 Å². The number of nitrogens with zero attached hydrogens (tertiary/aromatic N) is 4. The van der Waals surface area contributed by atoms with Crippen molar-refractivity contribution in [2.75, 3.05) is 26.2 Å². The Kier molecular flexibility index (Phi) is 5.53. The van der Waals surface area contributed by atoms with Gasteiger partial charge in [-0.1, -0.05) is 6.07 Å². The molecular weight excluding hydrogens is 472 g/mol. The summed E-state index contributed by atoms with van der Waals surface area (Å²) in [7, 11) is 0. The molecular formula is C27H30F4N4O. The number of likely N-dealkylation sites (tertiary alicyclic amines) is 2. The van der Waals surface area contributed by atoms with E-state index >= 15 is 0 Å². The van der Waals surface area contributed by atoms with Gasteiger partial charge in [0.25, 0.3) is 0 Å². The first-order chi connectivity index (χ1) is 17.1. The molecule has 4 fully saturated rings. The van der Waals surface area contributed by atoms with Gasteiger partial charge in [-0.15, -0.1) is 0 Å². The number of carbonyl (C=O) groups excluding carboxylic acids is 1. The van der Waals surface area contributed by atoms with E-state index in [1.54, 1.807) is 12.1 Å². The van der Waals surface area contributed by atoms with Gasteiger partial charge in [0.15, 0.2) is 0 Å². The molecule has 0 unspecified atom stereocenters. The Hall–Kier alpha value is -2.71. The fraction of sp³-hybridized carbons (Fsp3) is 0.593. The largest absolute Gasteiger partial charge is 0.433 e. The molecule has 4 aliphatic rings. The van der Waals surface area contributed by atoms with Gasteiger partial charge in [-0.2, -0.15) is 13.2 Å². The minimum atomic E-state index is -4.41. The van der Waals surface area contributed by atoms with Crippen molar-refractivity contribution in [2.24, 2.45) is 16.7 Å². The van der Waals surface area contributed by atoms with Crippen LogP contribution in [0.25, 0.3) is 0 Å². The van der Waals surface area contributed by atoms with Crippen LogP contribution in [-0.4, -0.2) is 52.0 Å². The molecule has 0 bridgehead atoms. The van der Waals surface area contributed by atoms with Crippen molar-refractivity contribution in [3.8, 4) is 0 Å². The van der Waals surface area contributed by atoms with Gasteiger partial charge in [0.05, 0.1) is 6.20 Å². The average Bonchev–Trinajstić information content (AvgIpc) is 2.77. The normalized spacial score (nSPS) is 23.3. The first-order valence-corrected chi connectivity index (χ1v) is 12.8. The number of hydrogen-bond acceptors (Lipinski definition) is 3. The summed E-state index contributed by atoms with van der Waals surface area (Å²) in [4.78, 5) is 24.7. The minimum absolute atomic E-state index is 0.123. The molecule has 2 saturated carbocycles. The molecule has 9 heteroatoms. The van der Waals surface area contributed by atoms with Crippen molar-refractivity contribution in [2.45, 2.75) is 57.0 Å². The van der Waals surface area contributed by atoms with E-state index < -0.39 is 11.9 Å². The predicted octanol–water partition coefficient (Wildman–Crippen LogP) is 5.67. The van der Waals surface area contributed by atoms with Crippen LogP contribution in [0.15, 0.2) is 36.7 Å². The highest BCUT2D eigenvalue weighted by molar-refractivity contribution is 5.77. The topological polar surface area (TPSA) is 49.3 Å². The number of aromatic nitrogens is 2. The van der Waals surface area contributed by atoms with E-state index in [9.17, 15) is 22.4 Å². The molecule has 2 aromatic rings. The molecule has 0 N–H and O–H groups in total. The van der Waals surface area contributed by atoms with E-state index in [0.717, 1.165) is 88.4 Å². The smallest absolute Gasteiger partial charge is 0.323 e. The van der Waals surface area contributed by atoms with Crippen molar-refractivity contribution in [1.29, 1.82) is 0 Å². The average molecular weight is 503 g/mol. The van der Waals surface area contributed by atoms with Gasteiger partial charge >= 0.3 is 12.2 Å². The predicted molar refractivity (Wildman–Crippen MR) is 124 cm³/mol. The van der Waals surface area contributed by atoms with Crippen LogP contribution in [0.3, 0.4) is 0 Å². The van der Waals surface area contributed by atoms with Crippen LogP contribution in [0.1, 0.15) is 61.4 Å². The molecule has 2 aliphatic carbocycles. The number of hydrogen-bond donors (Lipinski definition) is 0. The zero-order valence-corrected chi connectivity index (χ0v) is 20.1. The highest BCUT2D eigenvalue weighted by Crippen LogP contribution is 2.56. The van der Waals surface area contributed by atoms with Gasteiger partial charge in [-0.3, -0.25) is 9.97 Å². The maximum absolute atomic E-state index is 13.1. The monoisotopic (exact) mass is 502 g/mol. The van der Waals surface area contributed by atoms with Gasteiger partial charge < -0.3 is 9.80 Å². The molecule has 4 heterocycles. The number of urea groups is 1. The van der Waals surface area contributed by atoms with Crippen LogP contribution in [0.2, 0.25) is 0 Å². The summed E-state index contributed by atoms with van der Waals surface area (Å²) < 4.78 is 51.3. The highest BCUT2D eigenvalue weighted by atomic mass is 19.4. The van der Waals surface area contributed by atoms with Crippen molar-refractivity contribution < 1.29 is 22.4 Å². The van der Waals surface area contributed by atoms with E-state index in [0.29, 0.717) is 5.92 Å². The van der Waals surface area contributed by atoms with E-state index in [1.807, 2.05) is 9.80 Å². The number of amides is 2. The van der Waals surface area contributed by atoms with Crippen LogP contribution >= 0.6 is 0 Å². The van der Waals surface area contributed by atoms with E-state index in [1.165, 1.54) is 18.5 Å². The summed E-state index contributed by atoms with van der Waals surface area (Å²) in [6, 6.07) is 5.97. The van der Waals surface area contributed by atoms with Crippen molar-refractivity contribution >= 4 is 6.03 Å². The zero-order chi connectivity index (χ0) is 25.1. The Morgan fingerprint density at radius 3 is 2.14 bits per heavy atom. The molecule has 0 aromatic carbocycles. The lowest BCUT2D eigenvalue weighted by atomic mass is 9.56. The first-order valence-electron chi connectivity index (χ1n) is 12.8. The third-order valence-electron chi connectivity index (χ3n) is 9.01. The molecule has 6 rings (SSSR count). The summed E-state index contributed by atoms with van der Waals surface area (Å²) in [5.74, 6) is 0.492. The highest BCUT2D eigenvalue weighted by Gasteiger charge is 2.56. The molecule has 2 aliphatic heterocycles. The maximum Gasteiger partial charge on any atom is 0.433 e. The lowest BCUT2D eigenvalue weighted by Gasteiger charge is -2.61. The fourth-order valence-corrected chi connectivity index (χ4v) is 6.92. The van der Waals surface area contributed by atoms with Crippen LogP contribution in [0, 0.1) is 22.6 Å². The standard InChI is InChI=1S/C27H30F4N4O/c28-21-2-3-22(32-13-21)9-18-5-7-25(8-6-18)14-34(15-25)24(36)35-16-26(17-35)10-20(11-26)19-1-4-23(33-12-19)27(29,30)31/h1-4,12-13,18,20H,5-11,14-17H2. The first kappa shape index (κ1) is 23.7. The molecule has 2 amide bonds. The lowest BCUT2D eigenvalue weighted by molar-refractivity contribution is -0.141. The van der Waals surface area contributed by atoms with Crippen LogP contribution in [-0.2, 0) is 12.6 Å². The Morgan fingerprint density at radius 2 is 1.58 bits per heavy atom. The van der Waals surface area contributed by atoms with Crippen molar-refractivity contribution in [3.63, 3.8) is 0 Å². The second-order valence-electron chi connectivity index (χ2n) is 11.7.